The summed E-state index contributed by atoms with van der Waals surface area (Å²) in [4.78, 5) is 33.2. The van der Waals surface area contributed by atoms with Crippen molar-refractivity contribution >= 4 is 33.0 Å². The van der Waals surface area contributed by atoms with E-state index in [2.05, 4.69) is 14.7 Å². The van der Waals surface area contributed by atoms with Gasteiger partial charge in [0, 0.05) is 24.4 Å². The Balaban J connectivity index is 1.78. The number of hydrogen-bond acceptors (Lipinski definition) is 8. The lowest BCUT2D eigenvalue weighted by Crippen LogP contribution is -2.49. The smallest absolute Gasteiger partial charge is 0.413 e. The first-order valence-corrected chi connectivity index (χ1v) is 14.9. The predicted octanol–water partition coefficient (Wildman–Crippen LogP) is 4.49. The van der Waals surface area contributed by atoms with Crippen LogP contribution in [0.2, 0.25) is 0 Å². The number of ketones is 1. The lowest BCUT2D eigenvalue weighted by atomic mass is 9.94. The maximum atomic E-state index is 13.7. The number of phenols is 1. The molecule has 1 heterocycles. The van der Waals surface area contributed by atoms with Crippen molar-refractivity contribution in [2.45, 2.75) is 58.4 Å². The van der Waals surface area contributed by atoms with Crippen molar-refractivity contribution in [1.82, 2.24) is 15.4 Å². The molecule has 0 aliphatic carbocycles. The van der Waals surface area contributed by atoms with Crippen LogP contribution < -0.4 is 5.48 Å². The standard InChI is InChI=1S/C29H37N3O7S/c1-3-5-8-18-32(29(35)27(31-39-40(36,37)38)20-21-11-14-24(33)15-12-21)19-17-22(4-2)28(34)26-16-13-23-9-6-7-10-25(23)30-26/h6-7,9-16,22,27,31,33H,3-5,8,17-20H2,1-2H3,(H,36,37,38)/t22?,27-/m1/s1. The third-order valence-electron chi connectivity index (χ3n) is 6.78. The number of unbranched alkanes of at least 4 members (excludes halogenated alkanes) is 2. The minimum Gasteiger partial charge on any atom is -0.508 e. The molecular formula is C29H37N3O7S. The monoisotopic (exact) mass is 571 g/mol. The number of fused-ring (bicyclic) bond motifs is 1. The van der Waals surface area contributed by atoms with E-state index in [1.165, 1.54) is 12.1 Å². The number of carbonyl (C=O) groups excluding carboxylic acids is 2. The highest BCUT2D eigenvalue weighted by molar-refractivity contribution is 7.80. The van der Waals surface area contributed by atoms with E-state index >= 15 is 0 Å². The van der Waals surface area contributed by atoms with Gasteiger partial charge in [-0.3, -0.25) is 14.1 Å². The van der Waals surface area contributed by atoms with Crippen LogP contribution in [0.25, 0.3) is 10.9 Å². The van der Waals surface area contributed by atoms with E-state index in [0.29, 0.717) is 30.6 Å². The Kier molecular flexibility index (Phi) is 11.6. The van der Waals surface area contributed by atoms with Crippen molar-refractivity contribution in [2.75, 3.05) is 13.1 Å². The van der Waals surface area contributed by atoms with Gasteiger partial charge < -0.3 is 10.0 Å². The van der Waals surface area contributed by atoms with Crippen LogP contribution in [0.1, 0.15) is 62.0 Å². The molecule has 0 bridgehead atoms. The summed E-state index contributed by atoms with van der Waals surface area (Å²) in [6.45, 7) is 4.64. The van der Waals surface area contributed by atoms with Crippen molar-refractivity contribution in [3.63, 3.8) is 0 Å². The highest BCUT2D eigenvalue weighted by Gasteiger charge is 2.28. The van der Waals surface area contributed by atoms with E-state index in [0.717, 1.165) is 30.2 Å². The van der Waals surface area contributed by atoms with Gasteiger partial charge in [-0.25, -0.2) is 4.98 Å². The number of pyridine rings is 1. The SMILES string of the molecule is CCCCCN(CCC(CC)C(=O)c1ccc2ccccc2n1)C(=O)[C@@H](Cc1ccc(O)cc1)NOS(=O)(=O)O. The molecule has 0 spiro atoms. The number of para-hydroxylation sites is 1. The Morgan fingerprint density at radius 1 is 1.00 bits per heavy atom. The Bertz CT molecular complexity index is 1380. The molecule has 1 unspecified atom stereocenters. The van der Waals surface area contributed by atoms with Gasteiger partial charge in [0.05, 0.1) is 5.52 Å². The molecular weight excluding hydrogens is 534 g/mol. The third-order valence-corrected chi connectivity index (χ3v) is 7.08. The second-order valence-corrected chi connectivity index (χ2v) is 10.8. The van der Waals surface area contributed by atoms with Crippen LogP contribution in [0, 0.1) is 5.92 Å². The number of phenolic OH excluding ortho intramolecular Hbond substituents is 1. The normalized spacial score (nSPS) is 13.2. The van der Waals surface area contributed by atoms with Crippen LogP contribution in [0.4, 0.5) is 0 Å². The zero-order valence-corrected chi connectivity index (χ0v) is 23.6. The second kappa shape index (κ2) is 14.8. The first-order valence-electron chi connectivity index (χ1n) is 13.5. The number of nitrogens with one attached hydrogen (secondary N) is 1. The van der Waals surface area contributed by atoms with Gasteiger partial charge in [-0.2, -0.15) is 18.2 Å². The van der Waals surface area contributed by atoms with E-state index in [1.54, 1.807) is 23.1 Å². The number of nitrogens with zero attached hydrogens (tertiary/aromatic N) is 2. The molecule has 2 atom stereocenters. The topological polar surface area (TPSA) is 146 Å². The summed E-state index contributed by atoms with van der Waals surface area (Å²) in [6.07, 6.45) is 3.55. The summed E-state index contributed by atoms with van der Waals surface area (Å²) in [5, 5.41) is 10.5. The maximum absolute atomic E-state index is 13.7. The van der Waals surface area contributed by atoms with E-state index in [-0.39, 0.29) is 30.4 Å². The molecule has 0 saturated heterocycles. The molecule has 2 aromatic carbocycles. The molecule has 3 aromatic rings. The Morgan fingerprint density at radius 3 is 2.40 bits per heavy atom. The minimum atomic E-state index is -4.86. The van der Waals surface area contributed by atoms with Gasteiger partial charge in [-0.05, 0) is 55.5 Å². The van der Waals surface area contributed by atoms with Crippen LogP contribution in [0.3, 0.4) is 0 Å². The summed E-state index contributed by atoms with van der Waals surface area (Å²) >= 11 is 0. The zero-order valence-electron chi connectivity index (χ0n) is 22.8. The first-order chi connectivity index (χ1) is 19.1. The molecule has 3 rings (SSSR count). The largest absolute Gasteiger partial charge is 0.508 e. The van der Waals surface area contributed by atoms with Gasteiger partial charge in [0.15, 0.2) is 5.78 Å². The van der Waals surface area contributed by atoms with E-state index in [9.17, 15) is 23.1 Å². The molecule has 3 N–H and O–H groups in total. The number of carbonyl (C=O) groups is 2. The lowest BCUT2D eigenvalue weighted by Gasteiger charge is -2.29. The third kappa shape index (κ3) is 9.37. The van der Waals surface area contributed by atoms with Crippen molar-refractivity contribution in [3.8, 4) is 5.75 Å². The van der Waals surface area contributed by atoms with Crippen molar-refractivity contribution in [1.29, 1.82) is 0 Å². The summed E-state index contributed by atoms with van der Waals surface area (Å²) < 4.78 is 36.0. The molecule has 1 amide bonds. The number of hydrogen-bond donors (Lipinski definition) is 3. The fourth-order valence-electron chi connectivity index (χ4n) is 4.52. The molecule has 0 aliphatic rings. The quantitative estimate of drug-likeness (QED) is 0.0979. The van der Waals surface area contributed by atoms with Gasteiger partial charge in [-0.1, -0.05) is 63.1 Å². The number of amides is 1. The molecule has 11 heteroatoms. The Labute approximate surface area is 235 Å². The van der Waals surface area contributed by atoms with Crippen molar-refractivity contribution < 1.29 is 31.9 Å². The molecule has 0 radical (unpaired) electrons. The van der Waals surface area contributed by atoms with Gasteiger partial charge in [0.25, 0.3) is 0 Å². The number of rotatable bonds is 16. The highest BCUT2D eigenvalue weighted by Crippen LogP contribution is 2.20. The number of aromatic nitrogens is 1. The molecule has 0 fully saturated rings. The number of Topliss-reactive ketones (excluding diaryl/α,β-unsaturated/α-hetero) is 1. The zero-order chi connectivity index (χ0) is 29.1. The first kappa shape index (κ1) is 31.2. The van der Waals surface area contributed by atoms with Crippen molar-refractivity contribution in [2.24, 2.45) is 5.92 Å². The van der Waals surface area contributed by atoms with Crippen LogP contribution >= 0.6 is 0 Å². The summed E-state index contributed by atoms with van der Waals surface area (Å²) in [5.41, 5.74) is 3.95. The summed E-state index contributed by atoms with van der Waals surface area (Å²) in [7, 11) is -4.86. The Morgan fingerprint density at radius 2 is 1.73 bits per heavy atom. The fourth-order valence-corrected chi connectivity index (χ4v) is 4.75. The molecule has 0 aliphatic heterocycles. The highest BCUT2D eigenvalue weighted by atomic mass is 32.3. The summed E-state index contributed by atoms with van der Waals surface area (Å²) in [6, 6.07) is 16.1. The van der Waals surface area contributed by atoms with Crippen LogP contribution in [-0.4, -0.2) is 58.8 Å². The van der Waals surface area contributed by atoms with Crippen molar-refractivity contribution in [3.05, 3.63) is 71.9 Å². The average molecular weight is 572 g/mol. The van der Waals surface area contributed by atoms with Crippen LogP contribution in [0.5, 0.6) is 5.75 Å². The van der Waals surface area contributed by atoms with Crippen LogP contribution in [0.15, 0.2) is 60.7 Å². The number of hydroxylamine groups is 1. The predicted molar refractivity (Wildman–Crippen MR) is 152 cm³/mol. The number of aromatic hydroxyl groups is 1. The molecule has 1 aromatic heterocycles. The van der Waals surface area contributed by atoms with Gasteiger partial charge in [0.1, 0.15) is 17.5 Å². The van der Waals surface area contributed by atoms with Gasteiger partial charge in [-0.15, -0.1) is 0 Å². The average Bonchev–Trinajstić information content (AvgIpc) is 2.94. The molecule has 0 saturated carbocycles. The summed E-state index contributed by atoms with van der Waals surface area (Å²) in [5.74, 6) is -0.847. The minimum absolute atomic E-state index is 0.0378. The Hall–Kier alpha value is -3.38. The lowest BCUT2D eigenvalue weighted by molar-refractivity contribution is -0.135. The van der Waals surface area contributed by atoms with Gasteiger partial charge >= 0.3 is 10.4 Å². The van der Waals surface area contributed by atoms with Crippen LogP contribution in [-0.2, 0) is 25.9 Å². The van der Waals surface area contributed by atoms with E-state index in [1.807, 2.05) is 44.2 Å². The van der Waals surface area contributed by atoms with Gasteiger partial charge in [0.2, 0.25) is 5.91 Å². The second-order valence-electron chi connectivity index (χ2n) is 9.73. The van der Waals surface area contributed by atoms with E-state index in [4.69, 9.17) is 4.55 Å². The molecule has 216 valence electrons. The maximum Gasteiger partial charge on any atom is 0.413 e. The molecule has 10 nitrogen and oxygen atoms in total. The fraction of sp³-hybridized carbons (Fsp3) is 0.414. The van der Waals surface area contributed by atoms with E-state index < -0.39 is 22.3 Å². The molecule has 40 heavy (non-hydrogen) atoms. The number of benzene rings is 2.